The highest BCUT2D eigenvalue weighted by Crippen LogP contribution is 2.24. The van der Waals surface area contributed by atoms with E-state index in [0.29, 0.717) is 19.3 Å². The molecule has 1 fully saturated rings. The monoisotopic (exact) mass is 332 g/mol. The second kappa shape index (κ2) is 7.72. The second-order valence-electron chi connectivity index (χ2n) is 5.82. The van der Waals surface area contributed by atoms with Crippen LogP contribution in [0.5, 0.6) is 0 Å². The molecule has 2 rings (SSSR count). The first-order chi connectivity index (χ1) is 11.4. The average Bonchev–Trinajstić information content (AvgIpc) is 2.58. The molecule has 1 aliphatic carbocycles. The Bertz CT molecular complexity index is 671. The summed E-state index contributed by atoms with van der Waals surface area (Å²) in [6.45, 7) is 0. The summed E-state index contributed by atoms with van der Waals surface area (Å²) in [5.41, 5.74) is 5.84. The lowest BCUT2D eigenvalue weighted by atomic mass is 9.82. The summed E-state index contributed by atoms with van der Waals surface area (Å²) in [4.78, 5) is 47.2. The molecular formula is C17H20N2O5. The number of carbonyl (C=O) groups is 4. The molecule has 2 amide bonds. The number of primary amides is 1. The van der Waals surface area contributed by atoms with Crippen LogP contribution in [-0.4, -0.2) is 36.7 Å². The van der Waals surface area contributed by atoms with Crippen LogP contribution < -0.4 is 11.1 Å². The molecule has 0 bridgehead atoms. The minimum absolute atomic E-state index is 0.0689. The Kier molecular flexibility index (Phi) is 5.68. The van der Waals surface area contributed by atoms with E-state index in [1.165, 1.54) is 25.3 Å². The molecule has 0 radical (unpaired) electrons. The van der Waals surface area contributed by atoms with E-state index in [1.807, 2.05) is 0 Å². The van der Waals surface area contributed by atoms with Gasteiger partial charge in [0.2, 0.25) is 5.91 Å². The van der Waals surface area contributed by atoms with Crippen molar-refractivity contribution < 1.29 is 23.9 Å². The Morgan fingerprint density at radius 1 is 1.29 bits per heavy atom. The molecule has 7 nitrogen and oxygen atoms in total. The summed E-state index contributed by atoms with van der Waals surface area (Å²) >= 11 is 0. The van der Waals surface area contributed by atoms with Gasteiger partial charge >= 0.3 is 5.97 Å². The minimum Gasteiger partial charge on any atom is -0.465 e. The fourth-order valence-electron chi connectivity index (χ4n) is 2.89. The summed E-state index contributed by atoms with van der Waals surface area (Å²) in [5.74, 6) is -1.99. The van der Waals surface area contributed by atoms with E-state index in [9.17, 15) is 19.2 Å². The van der Waals surface area contributed by atoms with Crippen LogP contribution in [0.2, 0.25) is 0 Å². The molecule has 1 aromatic rings. The number of nitrogens with one attached hydrogen (secondary N) is 1. The van der Waals surface area contributed by atoms with Crippen molar-refractivity contribution in [3.63, 3.8) is 0 Å². The second-order valence-corrected chi connectivity index (χ2v) is 5.82. The molecule has 0 heterocycles. The maximum absolute atomic E-state index is 12.4. The number of ketones is 1. The standard InChI is InChI=1S/C17H20N2O5/c1-24-17(23)12-6-2-5-11(8-12)16(22)19-14(15(18)21)10-4-3-7-13(20)9-10/h2,5-6,8,10,14H,3-4,7,9H2,1H3,(H2,18,21)(H,19,22)/t10-,14+/m0/s1. The molecule has 1 saturated carbocycles. The van der Waals surface area contributed by atoms with Crippen LogP contribution >= 0.6 is 0 Å². The molecule has 3 N–H and O–H groups in total. The Hall–Kier alpha value is -2.70. The summed E-state index contributed by atoms with van der Waals surface area (Å²) < 4.78 is 4.62. The van der Waals surface area contributed by atoms with Gasteiger partial charge in [0.25, 0.3) is 5.91 Å². The van der Waals surface area contributed by atoms with Crippen LogP contribution in [0.1, 0.15) is 46.4 Å². The van der Waals surface area contributed by atoms with Gasteiger partial charge in [0, 0.05) is 18.4 Å². The van der Waals surface area contributed by atoms with Gasteiger partial charge in [-0.05, 0) is 37.0 Å². The smallest absolute Gasteiger partial charge is 0.337 e. The van der Waals surface area contributed by atoms with Crippen molar-refractivity contribution in [3.8, 4) is 0 Å². The van der Waals surface area contributed by atoms with Crippen LogP contribution in [0, 0.1) is 5.92 Å². The van der Waals surface area contributed by atoms with Crippen molar-refractivity contribution >= 4 is 23.6 Å². The third kappa shape index (κ3) is 4.18. The van der Waals surface area contributed by atoms with E-state index in [2.05, 4.69) is 10.1 Å². The Labute approximate surface area is 139 Å². The molecule has 1 aromatic carbocycles. The number of methoxy groups -OCH3 is 1. The first kappa shape index (κ1) is 17.7. The number of amides is 2. The zero-order valence-corrected chi connectivity index (χ0v) is 13.4. The van der Waals surface area contributed by atoms with Gasteiger partial charge in [-0.2, -0.15) is 0 Å². The largest absolute Gasteiger partial charge is 0.465 e. The molecule has 0 aliphatic heterocycles. The number of carbonyl (C=O) groups excluding carboxylic acids is 4. The van der Waals surface area contributed by atoms with Crippen LogP contribution in [0.4, 0.5) is 0 Å². The molecule has 0 saturated heterocycles. The molecule has 0 aromatic heterocycles. The van der Waals surface area contributed by atoms with Gasteiger partial charge in [0.1, 0.15) is 11.8 Å². The van der Waals surface area contributed by atoms with Crippen molar-refractivity contribution in [2.75, 3.05) is 7.11 Å². The molecule has 0 unspecified atom stereocenters. The van der Waals surface area contributed by atoms with Crippen LogP contribution in [0.3, 0.4) is 0 Å². The third-order valence-electron chi connectivity index (χ3n) is 4.13. The number of Topliss-reactive ketones (excluding diaryl/α,β-unsaturated/α-hetero) is 1. The summed E-state index contributed by atoms with van der Waals surface area (Å²) in [6, 6.07) is 5.05. The van der Waals surface area contributed by atoms with Gasteiger partial charge in [-0.1, -0.05) is 6.07 Å². The van der Waals surface area contributed by atoms with Gasteiger partial charge < -0.3 is 15.8 Å². The number of ether oxygens (including phenoxy) is 1. The van der Waals surface area contributed by atoms with Crippen molar-refractivity contribution in [3.05, 3.63) is 35.4 Å². The van der Waals surface area contributed by atoms with Crippen molar-refractivity contribution in [1.82, 2.24) is 5.32 Å². The molecule has 0 spiro atoms. The number of benzene rings is 1. The minimum atomic E-state index is -0.913. The molecule has 128 valence electrons. The van der Waals surface area contributed by atoms with E-state index in [4.69, 9.17) is 5.73 Å². The van der Waals surface area contributed by atoms with Gasteiger partial charge in [-0.15, -0.1) is 0 Å². The molecule has 7 heteroatoms. The fraction of sp³-hybridized carbons (Fsp3) is 0.412. The van der Waals surface area contributed by atoms with E-state index < -0.39 is 23.8 Å². The molecular weight excluding hydrogens is 312 g/mol. The quantitative estimate of drug-likeness (QED) is 0.774. The fourth-order valence-corrected chi connectivity index (χ4v) is 2.89. The number of hydrogen-bond donors (Lipinski definition) is 2. The predicted octanol–water partition coefficient (Wildman–Crippen LogP) is 0.816. The van der Waals surface area contributed by atoms with Crippen LogP contribution in [0.25, 0.3) is 0 Å². The maximum Gasteiger partial charge on any atom is 0.337 e. The predicted molar refractivity (Wildman–Crippen MR) is 85.2 cm³/mol. The third-order valence-corrected chi connectivity index (χ3v) is 4.13. The molecule has 1 aliphatic rings. The number of rotatable bonds is 5. The SMILES string of the molecule is COC(=O)c1cccc(C(=O)N[C@@H](C(N)=O)[C@H]2CCCC(=O)C2)c1. The van der Waals surface area contributed by atoms with Gasteiger partial charge in [-0.3, -0.25) is 14.4 Å². The number of hydrogen-bond acceptors (Lipinski definition) is 5. The highest BCUT2D eigenvalue weighted by Gasteiger charge is 2.32. The van der Waals surface area contributed by atoms with Gasteiger partial charge in [0.05, 0.1) is 12.7 Å². The van der Waals surface area contributed by atoms with Crippen molar-refractivity contribution in [1.29, 1.82) is 0 Å². The zero-order valence-electron chi connectivity index (χ0n) is 13.4. The number of nitrogens with two attached hydrogens (primary N) is 1. The van der Waals surface area contributed by atoms with E-state index in [-0.39, 0.29) is 29.2 Å². The lowest BCUT2D eigenvalue weighted by Crippen LogP contribution is -2.50. The first-order valence-electron chi connectivity index (χ1n) is 7.72. The lowest BCUT2D eigenvalue weighted by molar-refractivity contribution is -0.124. The zero-order chi connectivity index (χ0) is 17.7. The summed E-state index contributed by atoms with van der Waals surface area (Å²) in [6.07, 6.45) is 2.07. The maximum atomic E-state index is 12.4. The Morgan fingerprint density at radius 2 is 2.00 bits per heavy atom. The van der Waals surface area contributed by atoms with Crippen LogP contribution in [0.15, 0.2) is 24.3 Å². The lowest BCUT2D eigenvalue weighted by Gasteiger charge is -2.28. The normalized spacial score (nSPS) is 18.5. The molecule has 24 heavy (non-hydrogen) atoms. The van der Waals surface area contributed by atoms with Gasteiger partial charge in [0.15, 0.2) is 0 Å². The topological polar surface area (TPSA) is 116 Å². The highest BCUT2D eigenvalue weighted by atomic mass is 16.5. The molecule has 2 atom stereocenters. The van der Waals surface area contributed by atoms with Crippen LogP contribution in [-0.2, 0) is 14.3 Å². The number of esters is 1. The van der Waals surface area contributed by atoms with Gasteiger partial charge in [-0.25, -0.2) is 4.79 Å². The average molecular weight is 332 g/mol. The van der Waals surface area contributed by atoms with E-state index in [0.717, 1.165) is 0 Å². The Balaban J connectivity index is 2.14. The Morgan fingerprint density at radius 3 is 2.62 bits per heavy atom. The van der Waals surface area contributed by atoms with E-state index in [1.54, 1.807) is 6.07 Å². The van der Waals surface area contributed by atoms with Crippen molar-refractivity contribution in [2.45, 2.75) is 31.7 Å². The summed E-state index contributed by atoms with van der Waals surface area (Å²) in [5, 5.41) is 2.59. The first-order valence-corrected chi connectivity index (χ1v) is 7.72. The van der Waals surface area contributed by atoms with E-state index >= 15 is 0 Å². The summed E-state index contributed by atoms with van der Waals surface area (Å²) in [7, 11) is 1.25. The highest BCUT2D eigenvalue weighted by molar-refractivity contribution is 6.00. The van der Waals surface area contributed by atoms with Crippen molar-refractivity contribution in [2.24, 2.45) is 11.7 Å².